The van der Waals surface area contributed by atoms with E-state index in [1.54, 1.807) is 17.1 Å². The van der Waals surface area contributed by atoms with E-state index in [4.69, 9.17) is 4.98 Å². The molecule has 2 aliphatic heterocycles. The molecule has 2 aliphatic rings. The Morgan fingerprint density at radius 3 is 2.55 bits per heavy atom. The van der Waals surface area contributed by atoms with Crippen molar-refractivity contribution >= 4 is 16.9 Å². The normalized spacial score (nSPS) is 18.9. The summed E-state index contributed by atoms with van der Waals surface area (Å²) in [7, 11) is 1.87. The SMILES string of the molecule is Cn1cc(-c2cc3c(-c4ccc(N5C[C@H]6CN(Cc7cc(F)ccc7O)C[C@H]6C5)nc4)c(C#N)cnc3[nH]2)cn1. The maximum atomic E-state index is 13.7. The van der Waals surface area contributed by atoms with Crippen molar-refractivity contribution in [3.05, 3.63) is 78.1 Å². The minimum Gasteiger partial charge on any atom is -0.508 e. The van der Waals surface area contributed by atoms with Gasteiger partial charge in [0, 0.05) is 86.0 Å². The number of likely N-dealkylation sites (tertiary alicyclic amines) is 1. The smallest absolute Gasteiger partial charge is 0.138 e. The van der Waals surface area contributed by atoms with Crippen molar-refractivity contribution in [2.75, 3.05) is 31.1 Å². The number of phenolic OH excluding ortho intramolecular Hbond substituents is 1. The zero-order valence-electron chi connectivity index (χ0n) is 21.9. The number of hydrogen-bond acceptors (Lipinski definition) is 7. The lowest BCUT2D eigenvalue weighted by Crippen LogP contribution is -2.29. The molecule has 0 radical (unpaired) electrons. The molecule has 4 aromatic heterocycles. The Kier molecular flexibility index (Phi) is 5.75. The van der Waals surface area contributed by atoms with Crippen LogP contribution in [0, 0.1) is 29.0 Å². The fraction of sp³-hybridized carbons (Fsp3) is 0.267. The first-order valence-electron chi connectivity index (χ1n) is 13.3. The number of nitrogens with one attached hydrogen (secondary N) is 1. The summed E-state index contributed by atoms with van der Waals surface area (Å²) in [6.45, 7) is 4.16. The number of pyridine rings is 2. The molecule has 0 bridgehead atoms. The molecule has 2 fully saturated rings. The third-order valence-corrected chi connectivity index (χ3v) is 8.15. The number of aryl methyl sites for hydroxylation is 1. The summed E-state index contributed by atoms with van der Waals surface area (Å²) in [4.78, 5) is 17.3. The molecule has 40 heavy (non-hydrogen) atoms. The highest BCUT2D eigenvalue weighted by Gasteiger charge is 2.40. The monoisotopic (exact) mass is 534 g/mol. The summed E-state index contributed by atoms with van der Waals surface area (Å²) < 4.78 is 15.4. The molecule has 1 aromatic carbocycles. The van der Waals surface area contributed by atoms with Crippen molar-refractivity contribution in [2.45, 2.75) is 6.54 Å². The Balaban J connectivity index is 1.09. The van der Waals surface area contributed by atoms with Crippen LogP contribution in [0.3, 0.4) is 0 Å². The van der Waals surface area contributed by atoms with Gasteiger partial charge in [-0.15, -0.1) is 0 Å². The van der Waals surface area contributed by atoms with Crippen LogP contribution in [0.4, 0.5) is 10.2 Å². The number of aromatic nitrogens is 5. The molecule has 0 spiro atoms. The van der Waals surface area contributed by atoms with E-state index in [1.807, 2.05) is 37.6 Å². The lowest BCUT2D eigenvalue weighted by Gasteiger charge is -2.22. The Morgan fingerprint density at radius 1 is 1.02 bits per heavy atom. The predicted molar refractivity (Wildman–Crippen MR) is 149 cm³/mol. The second kappa shape index (κ2) is 9.47. The molecule has 10 heteroatoms. The molecule has 0 unspecified atom stereocenters. The van der Waals surface area contributed by atoms with Gasteiger partial charge in [-0.1, -0.05) is 0 Å². The van der Waals surface area contributed by atoms with Gasteiger partial charge >= 0.3 is 0 Å². The maximum absolute atomic E-state index is 13.7. The van der Waals surface area contributed by atoms with E-state index in [9.17, 15) is 14.8 Å². The number of nitriles is 1. The average molecular weight is 535 g/mol. The van der Waals surface area contributed by atoms with Gasteiger partial charge in [0.25, 0.3) is 0 Å². The first-order chi connectivity index (χ1) is 19.4. The van der Waals surface area contributed by atoms with Crippen LogP contribution < -0.4 is 4.90 Å². The fourth-order valence-corrected chi connectivity index (χ4v) is 6.24. The first kappa shape index (κ1) is 24.3. The molecular weight excluding hydrogens is 507 g/mol. The molecule has 6 heterocycles. The first-order valence-corrected chi connectivity index (χ1v) is 13.3. The van der Waals surface area contributed by atoms with Gasteiger partial charge in [-0.2, -0.15) is 10.4 Å². The topological polar surface area (TPSA) is 110 Å². The van der Waals surface area contributed by atoms with Gasteiger partial charge in [-0.25, -0.2) is 14.4 Å². The minimum atomic E-state index is -0.326. The zero-order chi connectivity index (χ0) is 27.4. The second-order valence-electron chi connectivity index (χ2n) is 10.8. The van der Waals surface area contributed by atoms with Gasteiger partial charge in [-0.3, -0.25) is 9.58 Å². The third kappa shape index (κ3) is 4.25. The quantitative estimate of drug-likeness (QED) is 0.346. The Hall–Kier alpha value is -4.75. The van der Waals surface area contributed by atoms with Gasteiger partial charge in [-0.05, 0) is 48.2 Å². The summed E-state index contributed by atoms with van der Waals surface area (Å²) in [5.74, 6) is 1.72. The summed E-state index contributed by atoms with van der Waals surface area (Å²) in [6.07, 6.45) is 7.17. The molecule has 5 aromatic rings. The number of anilines is 1. The summed E-state index contributed by atoms with van der Waals surface area (Å²) >= 11 is 0. The van der Waals surface area contributed by atoms with Gasteiger partial charge in [0.2, 0.25) is 0 Å². The van der Waals surface area contributed by atoms with Crippen LogP contribution in [0.1, 0.15) is 11.1 Å². The molecular formula is C30H27FN8O. The molecule has 200 valence electrons. The number of benzene rings is 1. The van der Waals surface area contributed by atoms with Gasteiger partial charge in [0.15, 0.2) is 0 Å². The van der Waals surface area contributed by atoms with E-state index < -0.39 is 0 Å². The molecule has 2 N–H and O–H groups in total. The Morgan fingerprint density at radius 2 is 1.85 bits per heavy atom. The standard InChI is InChI=1S/C30H27FN8O/c1-37-12-21(11-35-37)26-7-25-29(20(8-32)10-34-30(25)36-26)18-2-5-28(33-9-18)39-16-22-14-38(15-23(22)17-39)13-19-6-24(31)3-4-27(19)40/h2-7,9-12,22-23,40H,13-17H2,1H3,(H,34,36)/t22-,23+. The third-order valence-electron chi connectivity index (χ3n) is 8.15. The fourth-order valence-electron chi connectivity index (χ4n) is 6.24. The van der Waals surface area contributed by atoms with Crippen LogP contribution in [-0.2, 0) is 13.6 Å². The number of hydrogen-bond donors (Lipinski definition) is 2. The molecule has 0 amide bonds. The van der Waals surface area contributed by atoms with Crippen molar-refractivity contribution in [1.29, 1.82) is 5.26 Å². The summed E-state index contributed by atoms with van der Waals surface area (Å²) in [6, 6.07) is 12.5. The highest BCUT2D eigenvalue weighted by atomic mass is 19.1. The highest BCUT2D eigenvalue weighted by Crippen LogP contribution is 2.37. The van der Waals surface area contributed by atoms with E-state index in [-0.39, 0.29) is 11.6 Å². The van der Waals surface area contributed by atoms with Gasteiger partial charge < -0.3 is 15.0 Å². The van der Waals surface area contributed by atoms with Crippen molar-refractivity contribution in [2.24, 2.45) is 18.9 Å². The number of nitrogens with zero attached hydrogens (tertiary/aromatic N) is 7. The number of fused-ring (bicyclic) bond motifs is 2. The summed E-state index contributed by atoms with van der Waals surface area (Å²) in [5, 5.41) is 25.1. The van der Waals surface area contributed by atoms with E-state index >= 15 is 0 Å². The lowest BCUT2D eigenvalue weighted by atomic mass is 10.00. The largest absolute Gasteiger partial charge is 0.508 e. The van der Waals surface area contributed by atoms with Gasteiger partial charge in [0.1, 0.15) is 29.1 Å². The van der Waals surface area contributed by atoms with Crippen LogP contribution in [0.15, 0.2) is 61.2 Å². The number of halogens is 1. The van der Waals surface area contributed by atoms with Crippen LogP contribution in [0.5, 0.6) is 5.75 Å². The minimum absolute atomic E-state index is 0.142. The van der Waals surface area contributed by atoms with Crippen LogP contribution >= 0.6 is 0 Å². The second-order valence-corrected chi connectivity index (χ2v) is 10.8. The highest BCUT2D eigenvalue weighted by molar-refractivity contribution is 5.98. The Labute approximate surface area is 230 Å². The van der Waals surface area contributed by atoms with Crippen molar-refractivity contribution < 1.29 is 9.50 Å². The predicted octanol–water partition coefficient (Wildman–Crippen LogP) is 4.31. The molecule has 9 nitrogen and oxygen atoms in total. The maximum Gasteiger partial charge on any atom is 0.138 e. The number of phenols is 1. The van der Waals surface area contributed by atoms with Gasteiger partial charge in [0.05, 0.1) is 17.5 Å². The molecule has 2 atom stereocenters. The van der Waals surface area contributed by atoms with Crippen molar-refractivity contribution in [3.63, 3.8) is 0 Å². The van der Waals surface area contributed by atoms with E-state index in [0.29, 0.717) is 35.2 Å². The molecule has 2 saturated heterocycles. The number of H-pyrrole nitrogens is 1. The van der Waals surface area contributed by atoms with Crippen LogP contribution in [0.25, 0.3) is 33.4 Å². The van der Waals surface area contributed by atoms with Crippen molar-refractivity contribution in [1.82, 2.24) is 29.6 Å². The van der Waals surface area contributed by atoms with Crippen molar-refractivity contribution in [3.8, 4) is 34.2 Å². The zero-order valence-corrected chi connectivity index (χ0v) is 21.9. The van der Waals surface area contributed by atoms with E-state index in [0.717, 1.165) is 59.8 Å². The number of rotatable bonds is 5. The van der Waals surface area contributed by atoms with E-state index in [2.05, 4.69) is 30.9 Å². The summed E-state index contributed by atoms with van der Waals surface area (Å²) in [5.41, 5.74) is 5.36. The van der Waals surface area contributed by atoms with Crippen LogP contribution in [0.2, 0.25) is 0 Å². The number of aromatic hydroxyl groups is 1. The molecule has 7 rings (SSSR count). The molecule has 0 saturated carbocycles. The van der Waals surface area contributed by atoms with E-state index in [1.165, 1.54) is 18.2 Å². The lowest BCUT2D eigenvalue weighted by molar-refractivity contribution is 0.302. The number of aromatic amines is 1. The Bertz CT molecular complexity index is 1760. The molecule has 0 aliphatic carbocycles. The average Bonchev–Trinajstić information content (AvgIpc) is 3.73. The van der Waals surface area contributed by atoms with Crippen LogP contribution in [-0.4, -0.2) is 60.9 Å².